The number of guanidine groups is 1. The van der Waals surface area contributed by atoms with Crippen molar-refractivity contribution in [2.75, 3.05) is 25.5 Å². The SMILES string of the molecule is CNCCNC1[CH]C(C)=NC(NC(=O)Nc2ccc(F)c(C(C)(F)F)c2)=N1. The third kappa shape index (κ3) is 6.33. The quantitative estimate of drug-likeness (QED) is 0.568. The van der Waals surface area contributed by atoms with Crippen LogP contribution in [0, 0.1) is 12.2 Å². The molecular formula is C17H22F3N6O. The number of likely N-dealkylation sites (N-methyl/N-ethyl adjacent to an activating group) is 1. The summed E-state index contributed by atoms with van der Waals surface area (Å²) in [5, 5.41) is 11.0. The molecule has 2 rings (SSSR count). The Labute approximate surface area is 155 Å². The van der Waals surface area contributed by atoms with Gasteiger partial charge in [0.25, 0.3) is 5.92 Å². The lowest BCUT2D eigenvalue weighted by molar-refractivity contribution is 0.0138. The Hall–Kier alpha value is -2.46. The number of rotatable bonds is 6. The van der Waals surface area contributed by atoms with Gasteiger partial charge in [0.15, 0.2) is 0 Å². The number of amides is 2. The second-order valence-electron chi connectivity index (χ2n) is 6.04. The van der Waals surface area contributed by atoms with E-state index in [1.807, 2.05) is 7.05 Å². The summed E-state index contributed by atoms with van der Waals surface area (Å²) in [6.07, 6.45) is 1.45. The van der Waals surface area contributed by atoms with E-state index >= 15 is 0 Å². The number of anilines is 1. The zero-order chi connectivity index (χ0) is 20.0. The van der Waals surface area contributed by atoms with Crippen molar-refractivity contribution in [3.8, 4) is 0 Å². The molecular weight excluding hydrogens is 361 g/mol. The molecule has 147 valence electrons. The van der Waals surface area contributed by atoms with Gasteiger partial charge in [-0.1, -0.05) is 0 Å². The van der Waals surface area contributed by atoms with E-state index in [1.165, 1.54) is 6.07 Å². The summed E-state index contributed by atoms with van der Waals surface area (Å²) in [5.74, 6) is -4.33. The number of alkyl halides is 2. The normalized spacial score (nSPS) is 17.2. The first-order valence-corrected chi connectivity index (χ1v) is 8.31. The monoisotopic (exact) mass is 383 g/mol. The largest absolute Gasteiger partial charge is 0.326 e. The fourth-order valence-corrected chi connectivity index (χ4v) is 2.34. The number of hydrogen-bond donors (Lipinski definition) is 4. The molecule has 1 aromatic carbocycles. The van der Waals surface area contributed by atoms with Crippen molar-refractivity contribution in [2.45, 2.75) is 25.9 Å². The molecule has 0 bridgehead atoms. The van der Waals surface area contributed by atoms with Crippen molar-refractivity contribution >= 4 is 23.4 Å². The maximum absolute atomic E-state index is 13.5. The minimum atomic E-state index is -3.37. The van der Waals surface area contributed by atoms with Crippen LogP contribution in [-0.2, 0) is 5.92 Å². The Kier molecular flexibility index (Phi) is 6.92. The molecule has 0 saturated carbocycles. The fraction of sp³-hybridized carbons (Fsp3) is 0.412. The highest BCUT2D eigenvalue weighted by atomic mass is 19.3. The number of benzene rings is 1. The molecule has 10 heteroatoms. The van der Waals surface area contributed by atoms with Crippen LogP contribution in [0.15, 0.2) is 28.2 Å². The highest BCUT2D eigenvalue weighted by Gasteiger charge is 2.28. The molecule has 0 saturated heterocycles. The predicted molar refractivity (Wildman–Crippen MR) is 98.7 cm³/mol. The molecule has 27 heavy (non-hydrogen) atoms. The Balaban J connectivity index is 2.02. The van der Waals surface area contributed by atoms with Crippen molar-refractivity contribution in [2.24, 2.45) is 9.98 Å². The van der Waals surface area contributed by atoms with Crippen molar-refractivity contribution in [3.05, 3.63) is 36.0 Å². The number of hydrogen-bond acceptors (Lipinski definition) is 5. The first-order chi connectivity index (χ1) is 12.7. The van der Waals surface area contributed by atoms with Gasteiger partial charge in [-0.05, 0) is 32.2 Å². The van der Waals surface area contributed by atoms with Crippen LogP contribution < -0.4 is 21.3 Å². The van der Waals surface area contributed by atoms with Gasteiger partial charge in [-0.15, -0.1) is 0 Å². The molecule has 1 unspecified atom stereocenters. The lowest BCUT2D eigenvalue weighted by atomic mass is 10.1. The number of aliphatic imine (C=N–C) groups is 2. The minimum Gasteiger partial charge on any atom is -0.318 e. The van der Waals surface area contributed by atoms with Gasteiger partial charge in [-0.2, -0.15) is 0 Å². The van der Waals surface area contributed by atoms with Crippen molar-refractivity contribution < 1.29 is 18.0 Å². The molecule has 1 atom stereocenters. The first kappa shape index (κ1) is 20.8. The van der Waals surface area contributed by atoms with E-state index in [0.29, 0.717) is 19.2 Å². The van der Waals surface area contributed by atoms with Crippen LogP contribution in [0.25, 0.3) is 0 Å². The Bertz CT molecular complexity index is 745. The molecule has 0 spiro atoms. The van der Waals surface area contributed by atoms with Crippen LogP contribution in [0.5, 0.6) is 0 Å². The Morgan fingerprint density at radius 1 is 1.26 bits per heavy atom. The van der Waals surface area contributed by atoms with Crippen molar-refractivity contribution in [1.82, 2.24) is 16.0 Å². The van der Waals surface area contributed by atoms with Crippen LogP contribution in [0.3, 0.4) is 0 Å². The molecule has 1 aliphatic heterocycles. The molecule has 1 aliphatic rings. The Morgan fingerprint density at radius 3 is 2.67 bits per heavy atom. The first-order valence-electron chi connectivity index (χ1n) is 8.31. The molecule has 0 aromatic heterocycles. The summed E-state index contributed by atoms with van der Waals surface area (Å²) in [6.45, 7) is 3.75. The summed E-state index contributed by atoms with van der Waals surface area (Å²) < 4.78 is 40.3. The maximum atomic E-state index is 13.5. The van der Waals surface area contributed by atoms with E-state index in [1.54, 1.807) is 13.3 Å². The lowest BCUT2D eigenvalue weighted by Gasteiger charge is -2.20. The van der Waals surface area contributed by atoms with Gasteiger partial charge in [0.2, 0.25) is 5.96 Å². The zero-order valence-corrected chi connectivity index (χ0v) is 15.2. The fourth-order valence-electron chi connectivity index (χ4n) is 2.34. The third-order valence-electron chi connectivity index (χ3n) is 3.59. The standard InChI is InChI=1S/C17H22F3N6O/c1-10-8-14(22-7-6-21-3)25-15(23-10)26-16(27)24-11-4-5-13(18)12(9-11)17(2,19)20/h4-5,8-9,14,21-22H,6-7H2,1-3H3,(H2,24,25,26,27). The van der Waals surface area contributed by atoms with Gasteiger partial charge in [-0.25, -0.2) is 28.0 Å². The number of carbonyl (C=O) groups is 1. The molecule has 1 radical (unpaired) electrons. The number of nitrogens with one attached hydrogen (secondary N) is 4. The molecule has 2 amide bonds. The van der Waals surface area contributed by atoms with Gasteiger partial charge >= 0.3 is 6.03 Å². The van der Waals surface area contributed by atoms with Gasteiger partial charge < -0.3 is 10.6 Å². The van der Waals surface area contributed by atoms with Crippen LogP contribution in [-0.4, -0.2) is 44.0 Å². The van der Waals surface area contributed by atoms with Gasteiger partial charge in [0, 0.05) is 37.8 Å². The number of carbonyl (C=O) groups excluding carboxylic acids is 1. The van der Waals surface area contributed by atoms with Crippen LogP contribution in [0.4, 0.5) is 23.7 Å². The minimum absolute atomic E-state index is 0.0257. The van der Waals surface area contributed by atoms with E-state index in [2.05, 4.69) is 31.3 Å². The summed E-state index contributed by atoms with van der Waals surface area (Å²) in [6, 6.07) is 2.23. The molecule has 0 aliphatic carbocycles. The molecule has 1 aromatic rings. The number of halogens is 3. The Morgan fingerprint density at radius 2 is 2.00 bits per heavy atom. The van der Waals surface area contributed by atoms with E-state index in [0.717, 1.165) is 18.7 Å². The summed E-state index contributed by atoms with van der Waals surface area (Å²) in [5.41, 5.74) is -0.109. The van der Waals surface area contributed by atoms with Crippen LogP contribution in [0.1, 0.15) is 19.4 Å². The van der Waals surface area contributed by atoms with Gasteiger partial charge in [0.1, 0.15) is 12.0 Å². The van der Waals surface area contributed by atoms with E-state index in [4.69, 9.17) is 0 Å². The third-order valence-corrected chi connectivity index (χ3v) is 3.59. The molecule has 1 heterocycles. The van der Waals surface area contributed by atoms with E-state index in [9.17, 15) is 18.0 Å². The van der Waals surface area contributed by atoms with Crippen LogP contribution in [0.2, 0.25) is 0 Å². The lowest BCUT2D eigenvalue weighted by Crippen LogP contribution is -2.41. The van der Waals surface area contributed by atoms with Gasteiger partial charge in [-0.3, -0.25) is 10.6 Å². The maximum Gasteiger partial charge on any atom is 0.326 e. The number of urea groups is 1. The number of nitrogens with zero attached hydrogens (tertiary/aromatic N) is 2. The average molecular weight is 383 g/mol. The second kappa shape index (κ2) is 8.96. The topological polar surface area (TPSA) is 89.9 Å². The molecule has 7 nitrogen and oxygen atoms in total. The second-order valence-corrected chi connectivity index (χ2v) is 6.04. The molecule has 0 fully saturated rings. The van der Waals surface area contributed by atoms with E-state index in [-0.39, 0.29) is 17.8 Å². The van der Waals surface area contributed by atoms with Gasteiger partial charge in [0.05, 0.1) is 5.56 Å². The summed E-state index contributed by atoms with van der Waals surface area (Å²) >= 11 is 0. The predicted octanol–water partition coefficient (Wildman–Crippen LogP) is 2.23. The summed E-state index contributed by atoms with van der Waals surface area (Å²) in [4.78, 5) is 20.5. The van der Waals surface area contributed by atoms with Crippen molar-refractivity contribution in [1.29, 1.82) is 0 Å². The highest BCUT2D eigenvalue weighted by molar-refractivity contribution is 6.09. The van der Waals surface area contributed by atoms with Crippen molar-refractivity contribution in [3.63, 3.8) is 0 Å². The van der Waals surface area contributed by atoms with E-state index < -0.39 is 23.3 Å². The zero-order valence-electron chi connectivity index (χ0n) is 15.2. The smallest absolute Gasteiger partial charge is 0.318 e. The average Bonchev–Trinajstić information content (AvgIpc) is 2.55. The van der Waals surface area contributed by atoms with Crippen LogP contribution >= 0.6 is 0 Å². The highest BCUT2D eigenvalue weighted by Crippen LogP contribution is 2.31. The summed E-state index contributed by atoms with van der Waals surface area (Å²) in [7, 11) is 1.83. The molecule has 4 N–H and O–H groups in total.